The Bertz CT molecular complexity index is 599. The minimum Gasteiger partial charge on any atom is -0.477 e. The van der Waals surface area contributed by atoms with E-state index in [1.165, 1.54) is 12.8 Å². The fourth-order valence-electron chi connectivity index (χ4n) is 2.16. The van der Waals surface area contributed by atoms with Gasteiger partial charge in [-0.2, -0.15) is 0 Å². The van der Waals surface area contributed by atoms with E-state index in [4.69, 9.17) is 11.6 Å². The van der Waals surface area contributed by atoms with E-state index in [0.29, 0.717) is 16.6 Å². The fourth-order valence-corrected chi connectivity index (χ4v) is 2.33. The van der Waals surface area contributed by atoms with Gasteiger partial charge in [0.25, 0.3) is 0 Å². The van der Waals surface area contributed by atoms with Crippen LogP contribution >= 0.6 is 11.6 Å². The summed E-state index contributed by atoms with van der Waals surface area (Å²) in [6, 6.07) is 7.21. The maximum absolute atomic E-state index is 11.2. The number of hydrogen-bond acceptors (Lipinski definition) is 1. The smallest absolute Gasteiger partial charge is 0.352 e. The Kier molecular flexibility index (Phi) is 2.37. The van der Waals surface area contributed by atoms with Gasteiger partial charge in [-0.25, -0.2) is 4.79 Å². The highest BCUT2D eigenvalue weighted by molar-refractivity contribution is 6.31. The molecule has 1 heterocycles. The number of rotatable bonds is 3. The molecule has 0 unspecified atom stereocenters. The Balaban J connectivity index is 2.20. The van der Waals surface area contributed by atoms with Gasteiger partial charge < -0.3 is 9.67 Å². The Labute approximate surface area is 104 Å². The van der Waals surface area contributed by atoms with Crippen molar-refractivity contribution in [1.82, 2.24) is 4.57 Å². The van der Waals surface area contributed by atoms with Gasteiger partial charge in [0.15, 0.2) is 0 Å². The molecule has 1 aliphatic rings. The minimum absolute atomic E-state index is 0.356. The van der Waals surface area contributed by atoms with E-state index in [2.05, 4.69) is 0 Å². The zero-order chi connectivity index (χ0) is 12.0. The molecule has 1 aromatic carbocycles. The summed E-state index contributed by atoms with van der Waals surface area (Å²) in [4.78, 5) is 11.2. The minimum atomic E-state index is -0.877. The molecule has 0 atom stereocenters. The van der Waals surface area contributed by atoms with Crippen LogP contribution in [0.2, 0.25) is 5.02 Å². The molecule has 0 radical (unpaired) electrons. The zero-order valence-corrected chi connectivity index (χ0v) is 9.94. The molecule has 2 aromatic rings. The third-order valence-electron chi connectivity index (χ3n) is 3.22. The number of hydrogen-bond donors (Lipinski definition) is 1. The second-order valence-corrected chi connectivity index (χ2v) is 5.03. The average molecular weight is 250 g/mol. The summed E-state index contributed by atoms with van der Waals surface area (Å²) in [5.41, 5.74) is 1.27. The van der Waals surface area contributed by atoms with Gasteiger partial charge in [0, 0.05) is 17.0 Å². The lowest BCUT2D eigenvalue weighted by atomic mass is 10.2. The number of nitrogens with zero attached hydrogens (tertiary/aromatic N) is 1. The molecule has 0 bridgehead atoms. The maximum atomic E-state index is 11.2. The number of aromatic nitrogens is 1. The van der Waals surface area contributed by atoms with Crippen molar-refractivity contribution in [3.05, 3.63) is 35.0 Å². The van der Waals surface area contributed by atoms with Crippen LogP contribution in [0.25, 0.3) is 10.9 Å². The number of carbonyl (C=O) groups is 1. The van der Waals surface area contributed by atoms with Crippen molar-refractivity contribution in [1.29, 1.82) is 0 Å². The topological polar surface area (TPSA) is 42.2 Å². The quantitative estimate of drug-likeness (QED) is 0.906. The molecule has 4 heteroatoms. The van der Waals surface area contributed by atoms with Gasteiger partial charge >= 0.3 is 5.97 Å². The molecule has 0 aliphatic heterocycles. The SMILES string of the molecule is O=C(O)c1cc2ccc(Cl)cc2n1CC1CC1. The summed E-state index contributed by atoms with van der Waals surface area (Å²) in [6.45, 7) is 0.783. The van der Waals surface area contributed by atoms with Gasteiger partial charge in [0.1, 0.15) is 5.69 Å². The van der Waals surface area contributed by atoms with Gasteiger partial charge in [-0.15, -0.1) is 0 Å². The molecule has 0 amide bonds. The van der Waals surface area contributed by atoms with Crippen LogP contribution in [0.5, 0.6) is 0 Å². The molecule has 1 aliphatic carbocycles. The third kappa shape index (κ3) is 1.91. The van der Waals surface area contributed by atoms with E-state index < -0.39 is 5.97 Å². The van der Waals surface area contributed by atoms with E-state index in [9.17, 15) is 9.90 Å². The van der Waals surface area contributed by atoms with Gasteiger partial charge in [-0.3, -0.25) is 0 Å². The van der Waals surface area contributed by atoms with Crippen LogP contribution in [0.1, 0.15) is 23.3 Å². The van der Waals surface area contributed by atoms with Crippen LogP contribution in [0, 0.1) is 5.92 Å². The predicted octanol–water partition coefficient (Wildman–Crippen LogP) is 3.40. The van der Waals surface area contributed by atoms with E-state index >= 15 is 0 Å². The molecule has 0 spiro atoms. The first kappa shape index (κ1) is 10.7. The highest BCUT2D eigenvalue weighted by Gasteiger charge is 2.25. The normalized spacial score (nSPS) is 15.4. The first-order valence-corrected chi connectivity index (χ1v) is 6.05. The largest absolute Gasteiger partial charge is 0.477 e. The van der Waals surface area contributed by atoms with E-state index in [1.54, 1.807) is 12.1 Å². The van der Waals surface area contributed by atoms with E-state index in [-0.39, 0.29) is 0 Å². The van der Waals surface area contributed by atoms with Crippen molar-refractivity contribution < 1.29 is 9.90 Å². The number of fused-ring (bicyclic) bond motifs is 1. The third-order valence-corrected chi connectivity index (χ3v) is 3.46. The Morgan fingerprint density at radius 1 is 1.41 bits per heavy atom. The van der Waals surface area contributed by atoms with Crippen LogP contribution in [-0.4, -0.2) is 15.6 Å². The lowest BCUT2D eigenvalue weighted by Gasteiger charge is -2.07. The van der Waals surface area contributed by atoms with Gasteiger partial charge in [-0.1, -0.05) is 17.7 Å². The van der Waals surface area contributed by atoms with Crippen LogP contribution in [-0.2, 0) is 6.54 Å². The van der Waals surface area contributed by atoms with Crippen molar-refractivity contribution in [2.45, 2.75) is 19.4 Å². The lowest BCUT2D eigenvalue weighted by Crippen LogP contribution is -2.09. The van der Waals surface area contributed by atoms with Crippen LogP contribution in [0.4, 0.5) is 0 Å². The molecule has 17 heavy (non-hydrogen) atoms. The zero-order valence-electron chi connectivity index (χ0n) is 9.19. The van der Waals surface area contributed by atoms with E-state index in [0.717, 1.165) is 17.4 Å². The molecule has 1 saturated carbocycles. The van der Waals surface area contributed by atoms with Crippen molar-refractivity contribution in [3.63, 3.8) is 0 Å². The average Bonchev–Trinajstić information content (AvgIpc) is 3.01. The van der Waals surface area contributed by atoms with Crippen molar-refractivity contribution in [2.75, 3.05) is 0 Å². The highest BCUT2D eigenvalue weighted by Crippen LogP contribution is 2.33. The Morgan fingerprint density at radius 3 is 2.82 bits per heavy atom. The molecule has 88 valence electrons. The second kappa shape index (κ2) is 3.77. The standard InChI is InChI=1S/C13H12ClNO2/c14-10-4-3-9-5-12(13(16)17)15(11(9)6-10)7-8-1-2-8/h3-6,8H,1-2,7H2,(H,16,17). The summed E-state index contributed by atoms with van der Waals surface area (Å²) in [6.07, 6.45) is 2.39. The summed E-state index contributed by atoms with van der Waals surface area (Å²) < 4.78 is 1.88. The first-order chi connectivity index (χ1) is 8.15. The number of benzene rings is 1. The number of halogens is 1. The van der Waals surface area contributed by atoms with Gasteiger partial charge in [0.05, 0.1) is 5.52 Å². The molecule has 1 aromatic heterocycles. The van der Waals surface area contributed by atoms with Crippen molar-refractivity contribution in [2.24, 2.45) is 5.92 Å². The number of carboxylic acids is 1. The van der Waals surface area contributed by atoms with Crippen molar-refractivity contribution in [3.8, 4) is 0 Å². The Morgan fingerprint density at radius 2 is 2.18 bits per heavy atom. The summed E-state index contributed by atoms with van der Waals surface area (Å²) in [5, 5.41) is 10.8. The van der Waals surface area contributed by atoms with Gasteiger partial charge in [0.2, 0.25) is 0 Å². The highest BCUT2D eigenvalue weighted by atomic mass is 35.5. The predicted molar refractivity (Wildman–Crippen MR) is 66.6 cm³/mol. The number of aromatic carboxylic acids is 1. The molecular formula is C13H12ClNO2. The first-order valence-electron chi connectivity index (χ1n) is 5.67. The molecule has 1 fully saturated rings. The summed E-state index contributed by atoms with van der Waals surface area (Å²) in [5.74, 6) is -0.249. The van der Waals surface area contributed by atoms with E-state index in [1.807, 2.05) is 16.7 Å². The molecule has 0 saturated heterocycles. The van der Waals surface area contributed by atoms with Gasteiger partial charge in [-0.05, 0) is 37.0 Å². The Hall–Kier alpha value is -1.48. The number of carboxylic acid groups (broad SMARTS) is 1. The summed E-state index contributed by atoms with van der Waals surface area (Å²) in [7, 11) is 0. The molecule has 3 rings (SSSR count). The second-order valence-electron chi connectivity index (χ2n) is 4.59. The summed E-state index contributed by atoms with van der Waals surface area (Å²) >= 11 is 5.97. The molecule has 3 nitrogen and oxygen atoms in total. The lowest BCUT2D eigenvalue weighted by molar-refractivity contribution is 0.0685. The van der Waals surface area contributed by atoms with Crippen LogP contribution < -0.4 is 0 Å². The fraction of sp³-hybridized carbons (Fsp3) is 0.308. The monoisotopic (exact) mass is 249 g/mol. The van der Waals surface area contributed by atoms with Crippen LogP contribution in [0.15, 0.2) is 24.3 Å². The van der Waals surface area contributed by atoms with Crippen LogP contribution in [0.3, 0.4) is 0 Å². The molecular weight excluding hydrogens is 238 g/mol. The molecule has 1 N–H and O–H groups in total. The van der Waals surface area contributed by atoms with Crippen molar-refractivity contribution >= 4 is 28.5 Å². The maximum Gasteiger partial charge on any atom is 0.352 e.